The lowest BCUT2D eigenvalue weighted by molar-refractivity contribution is -0.136. The third-order valence-electron chi connectivity index (χ3n) is 4.70. The Morgan fingerprint density at radius 3 is 3.00 bits per heavy atom. The lowest BCUT2D eigenvalue weighted by Crippen LogP contribution is -2.45. The Labute approximate surface area is 119 Å². The zero-order valence-electron chi connectivity index (χ0n) is 12.0. The van der Waals surface area contributed by atoms with Crippen LogP contribution >= 0.6 is 0 Å². The number of aliphatic hydroxyl groups excluding tert-OH is 1. The van der Waals surface area contributed by atoms with Crippen molar-refractivity contribution in [1.82, 2.24) is 14.5 Å². The molecule has 0 radical (unpaired) electrons. The Morgan fingerprint density at radius 2 is 2.20 bits per heavy atom. The normalized spacial score (nSPS) is 28.0. The number of hydrogen-bond acceptors (Lipinski definition) is 3. The molecule has 0 saturated carbocycles. The van der Waals surface area contributed by atoms with Gasteiger partial charge in [0, 0.05) is 37.9 Å². The lowest BCUT2D eigenvalue weighted by Gasteiger charge is -2.36. The van der Waals surface area contributed by atoms with Gasteiger partial charge in [0.2, 0.25) is 5.91 Å². The summed E-state index contributed by atoms with van der Waals surface area (Å²) in [5, 5.41) is 9.76. The lowest BCUT2D eigenvalue weighted by atomic mass is 9.91. The number of aliphatic hydroxyl groups is 1. The Balaban J connectivity index is 1.74. The number of carbonyl (C=O) groups is 1. The third-order valence-corrected chi connectivity index (χ3v) is 4.70. The highest BCUT2D eigenvalue weighted by Crippen LogP contribution is 2.30. The summed E-state index contributed by atoms with van der Waals surface area (Å²) in [7, 11) is 0. The van der Waals surface area contributed by atoms with Crippen LogP contribution in [-0.2, 0) is 11.3 Å². The first-order chi connectivity index (χ1) is 9.66. The van der Waals surface area contributed by atoms with Crippen LogP contribution in [0.2, 0.25) is 0 Å². The minimum Gasteiger partial charge on any atom is -0.393 e. The SMILES string of the molecule is CC(O)C1CCCN(C(=O)C2CCCn3ccnc32)C1. The zero-order valence-corrected chi connectivity index (χ0v) is 12.0. The topological polar surface area (TPSA) is 58.4 Å². The van der Waals surface area contributed by atoms with Gasteiger partial charge in [-0.25, -0.2) is 4.98 Å². The van der Waals surface area contributed by atoms with E-state index in [0.29, 0.717) is 6.54 Å². The Kier molecular flexibility index (Phi) is 3.78. The van der Waals surface area contributed by atoms with Crippen LogP contribution in [-0.4, -0.2) is 44.7 Å². The van der Waals surface area contributed by atoms with E-state index in [2.05, 4.69) is 9.55 Å². The molecule has 1 aromatic heterocycles. The number of carbonyl (C=O) groups excluding carboxylic acids is 1. The number of piperidine rings is 1. The van der Waals surface area contributed by atoms with Gasteiger partial charge >= 0.3 is 0 Å². The molecule has 5 heteroatoms. The van der Waals surface area contributed by atoms with E-state index in [1.54, 1.807) is 6.20 Å². The number of nitrogens with zero attached hydrogens (tertiary/aromatic N) is 3. The highest BCUT2D eigenvalue weighted by molar-refractivity contribution is 5.83. The standard InChI is InChI=1S/C15H23N3O2/c1-11(19)12-4-2-8-18(10-12)15(20)13-5-3-7-17-9-6-16-14(13)17/h6,9,11-13,19H,2-5,7-8,10H2,1H3. The molecule has 1 aromatic rings. The second-order valence-electron chi connectivity index (χ2n) is 6.10. The summed E-state index contributed by atoms with van der Waals surface area (Å²) < 4.78 is 2.10. The molecule has 110 valence electrons. The third kappa shape index (κ3) is 2.46. The van der Waals surface area contributed by atoms with Crippen molar-refractivity contribution in [2.75, 3.05) is 13.1 Å². The zero-order chi connectivity index (χ0) is 14.1. The molecule has 0 bridgehead atoms. The molecule has 2 aliphatic heterocycles. The highest BCUT2D eigenvalue weighted by Gasteiger charge is 2.34. The summed E-state index contributed by atoms with van der Waals surface area (Å²) in [6.07, 6.45) is 7.35. The molecule has 1 amide bonds. The molecule has 1 fully saturated rings. The van der Waals surface area contributed by atoms with Gasteiger partial charge in [-0.1, -0.05) is 0 Å². The molecule has 20 heavy (non-hydrogen) atoms. The molecule has 3 atom stereocenters. The monoisotopic (exact) mass is 277 g/mol. The van der Waals surface area contributed by atoms with Gasteiger partial charge in [0.05, 0.1) is 12.0 Å². The Bertz CT molecular complexity index is 483. The number of fused-ring (bicyclic) bond motifs is 1. The van der Waals surface area contributed by atoms with Gasteiger partial charge in [-0.2, -0.15) is 0 Å². The average molecular weight is 277 g/mol. The van der Waals surface area contributed by atoms with Gasteiger partial charge in [0.25, 0.3) is 0 Å². The van der Waals surface area contributed by atoms with Crippen LogP contribution in [0.25, 0.3) is 0 Å². The van der Waals surface area contributed by atoms with Crippen LogP contribution in [0.1, 0.15) is 44.3 Å². The first-order valence-corrected chi connectivity index (χ1v) is 7.64. The molecule has 3 heterocycles. The molecule has 1 saturated heterocycles. The number of amides is 1. The number of rotatable bonds is 2. The number of hydrogen-bond donors (Lipinski definition) is 1. The molecular weight excluding hydrogens is 254 g/mol. The summed E-state index contributed by atoms with van der Waals surface area (Å²) in [4.78, 5) is 19.1. The van der Waals surface area contributed by atoms with E-state index < -0.39 is 0 Å². The molecule has 0 aliphatic carbocycles. The first kappa shape index (κ1) is 13.6. The molecule has 0 aromatic carbocycles. The van der Waals surface area contributed by atoms with Crippen molar-refractivity contribution in [2.24, 2.45) is 5.92 Å². The molecule has 5 nitrogen and oxygen atoms in total. The van der Waals surface area contributed by atoms with Gasteiger partial charge in [-0.05, 0) is 32.6 Å². The van der Waals surface area contributed by atoms with Crippen LogP contribution in [0.5, 0.6) is 0 Å². The van der Waals surface area contributed by atoms with Crippen molar-refractivity contribution >= 4 is 5.91 Å². The summed E-state index contributed by atoms with van der Waals surface area (Å²) in [6, 6.07) is 0. The average Bonchev–Trinajstić information content (AvgIpc) is 2.95. The van der Waals surface area contributed by atoms with Crippen molar-refractivity contribution < 1.29 is 9.90 Å². The van der Waals surface area contributed by atoms with E-state index >= 15 is 0 Å². The van der Waals surface area contributed by atoms with Gasteiger partial charge in [0.15, 0.2) is 0 Å². The predicted octanol–water partition coefficient (Wildman–Crippen LogP) is 1.38. The second-order valence-corrected chi connectivity index (χ2v) is 6.10. The van der Waals surface area contributed by atoms with Crippen LogP contribution in [0.3, 0.4) is 0 Å². The van der Waals surface area contributed by atoms with E-state index in [1.165, 1.54) is 0 Å². The second kappa shape index (κ2) is 5.56. The van der Waals surface area contributed by atoms with Gasteiger partial charge in [-0.15, -0.1) is 0 Å². The summed E-state index contributed by atoms with van der Waals surface area (Å²) in [6.45, 7) is 4.30. The van der Waals surface area contributed by atoms with Crippen molar-refractivity contribution in [1.29, 1.82) is 0 Å². The smallest absolute Gasteiger partial charge is 0.233 e. The van der Waals surface area contributed by atoms with E-state index in [0.717, 1.165) is 44.6 Å². The molecule has 3 rings (SSSR count). The Morgan fingerprint density at radius 1 is 1.40 bits per heavy atom. The summed E-state index contributed by atoms with van der Waals surface area (Å²) in [5.41, 5.74) is 0. The van der Waals surface area contributed by atoms with Crippen LogP contribution < -0.4 is 0 Å². The molecule has 3 unspecified atom stereocenters. The van der Waals surface area contributed by atoms with Crippen LogP contribution in [0.15, 0.2) is 12.4 Å². The Hall–Kier alpha value is -1.36. The van der Waals surface area contributed by atoms with Gasteiger partial charge in [0.1, 0.15) is 5.82 Å². The fraction of sp³-hybridized carbons (Fsp3) is 0.733. The number of aromatic nitrogens is 2. The molecular formula is C15H23N3O2. The van der Waals surface area contributed by atoms with Crippen molar-refractivity contribution in [3.63, 3.8) is 0 Å². The predicted molar refractivity (Wildman–Crippen MR) is 75.2 cm³/mol. The van der Waals surface area contributed by atoms with Crippen molar-refractivity contribution in [3.05, 3.63) is 18.2 Å². The molecule has 2 aliphatic rings. The highest BCUT2D eigenvalue weighted by atomic mass is 16.3. The molecule has 0 spiro atoms. The van der Waals surface area contributed by atoms with Crippen LogP contribution in [0, 0.1) is 5.92 Å². The van der Waals surface area contributed by atoms with Gasteiger partial charge < -0.3 is 14.6 Å². The first-order valence-electron chi connectivity index (χ1n) is 7.64. The van der Waals surface area contributed by atoms with Crippen molar-refractivity contribution in [2.45, 2.75) is 51.2 Å². The maximum absolute atomic E-state index is 12.8. The maximum Gasteiger partial charge on any atom is 0.233 e. The summed E-state index contributed by atoms with van der Waals surface area (Å²) in [5.74, 6) is 1.24. The van der Waals surface area contributed by atoms with E-state index in [-0.39, 0.29) is 23.8 Å². The van der Waals surface area contributed by atoms with E-state index in [4.69, 9.17) is 0 Å². The van der Waals surface area contributed by atoms with Gasteiger partial charge in [-0.3, -0.25) is 4.79 Å². The van der Waals surface area contributed by atoms with E-state index in [9.17, 15) is 9.90 Å². The number of aryl methyl sites for hydroxylation is 1. The van der Waals surface area contributed by atoms with Crippen molar-refractivity contribution in [3.8, 4) is 0 Å². The fourth-order valence-electron chi connectivity index (χ4n) is 3.47. The largest absolute Gasteiger partial charge is 0.393 e. The minimum absolute atomic E-state index is 0.0912. The quantitative estimate of drug-likeness (QED) is 0.888. The minimum atomic E-state index is -0.334. The maximum atomic E-state index is 12.8. The van der Waals surface area contributed by atoms with Crippen LogP contribution in [0.4, 0.5) is 0 Å². The summed E-state index contributed by atoms with van der Waals surface area (Å²) >= 11 is 0. The number of imidazole rings is 1. The van der Waals surface area contributed by atoms with E-state index in [1.807, 2.05) is 18.0 Å². The number of likely N-dealkylation sites (tertiary alicyclic amines) is 1. The fourth-order valence-corrected chi connectivity index (χ4v) is 3.47. The molecule has 1 N–H and O–H groups in total.